The molecule has 5 nitrogen and oxygen atoms in total. The van der Waals surface area contributed by atoms with E-state index in [1.165, 1.54) is 27.8 Å². The quantitative estimate of drug-likeness (QED) is 0.220. The van der Waals surface area contributed by atoms with Crippen molar-refractivity contribution in [2.45, 2.75) is 0 Å². The Labute approximate surface area is 245 Å². The summed E-state index contributed by atoms with van der Waals surface area (Å²) in [6.45, 7) is 0. The van der Waals surface area contributed by atoms with Crippen molar-refractivity contribution in [3.8, 4) is 33.4 Å². The van der Waals surface area contributed by atoms with E-state index in [0.29, 0.717) is 0 Å². The summed E-state index contributed by atoms with van der Waals surface area (Å²) in [5, 5.41) is 0. The van der Waals surface area contributed by atoms with Gasteiger partial charge in [0.15, 0.2) is 0 Å². The molecule has 0 saturated heterocycles. The van der Waals surface area contributed by atoms with E-state index < -0.39 is 0 Å². The van der Waals surface area contributed by atoms with Gasteiger partial charge in [-0.2, -0.15) is 0 Å². The van der Waals surface area contributed by atoms with Crippen molar-refractivity contribution in [1.82, 2.24) is 23.2 Å². The fraction of sp³-hybridized carbons (Fsp3) is 0. The molecule has 0 N–H and O–H groups in total. The van der Waals surface area contributed by atoms with E-state index in [2.05, 4.69) is 141 Å². The fourth-order valence-electron chi connectivity index (χ4n) is 6.88. The molecule has 0 aliphatic heterocycles. The van der Waals surface area contributed by atoms with Crippen LogP contribution in [0.15, 0.2) is 140 Å². The number of hydrogen-bond acceptors (Lipinski definition) is 2. The topological polar surface area (TPSA) is 39.0 Å². The molecule has 0 bridgehead atoms. The average molecular weight is 550 g/mol. The number of hydrogen-bond donors (Lipinski definition) is 0. The summed E-state index contributed by atoms with van der Waals surface area (Å²) in [6, 6.07) is 49.5. The maximum atomic E-state index is 5.11. The molecule has 0 aliphatic rings. The van der Waals surface area contributed by atoms with Crippen LogP contribution in [0, 0.1) is 0 Å². The van der Waals surface area contributed by atoms with Gasteiger partial charge >= 0.3 is 0 Å². The van der Waals surface area contributed by atoms with Gasteiger partial charge in [-0.1, -0.05) is 97.1 Å². The largest absolute Gasteiger partial charge is 0.276 e. The number of benzene rings is 6. The predicted molar refractivity (Wildman–Crippen MR) is 175 cm³/mol. The highest BCUT2D eigenvalue weighted by molar-refractivity contribution is 6.06. The molecule has 10 aromatic rings. The zero-order valence-corrected chi connectivity index (χ0v) is 23.0. The van der Waals surface area contributed by atoms with E-state index in [0.717, 1.165) is 55.7 Å². The van der Waals surface area contributed by atoms with Gasteiger partial charge in [0, 0.05) is 0 Å². The third-order valence-electron chi connectivity index (χ3n) is 8.78. The summed E-state index contributed by atoms with van der Waals surface area (Å²) in [6.07, 6.45) is 0. The number of aromatic nitrogens is 5. The van der Waals surface area contributed by atoms with Crippen LogP contribution in [-0.4, -0.2) is 23.2 Å². The van der Waals surface area contributed by atoms with Crippen LogP contribution < -0.4 is 0 Å². The van der Waals surface area contributed by atoms with Crippen LogP contribution in [0.3, 0.4) is 0 Å². The van der Waals surface area contributed by atoms with E-state index in [1.54, 1.807) is 0 Å². The SMILES string of the molecule is c1ccc(-c2ccc(-c3cc4c5c(c3)n3c6ccccc6nc3n5c3nc5ccccc5n43)c(-c3ccccc3)c2)cc1. The highest BCUT2D eigenvalue weighted by Gasteiger charge is 2.25. The first-order valence-corrected chi connectivity index (χ1v) is 14.5. The van der Waals surface area contributed by atoms with Crippen molar-refractivity contribution < 1.29 is 0 Å². The third kappa shape index (κ3) is 3.05. The molecule has 43 heavy (non-hydrogen) atoms. The van der Waals surface area contributed by atoms with Crippen molar-refractivity contribution in [2.75, 3.05) is 0 Å². The zero-order chi connectivity index (χ0) is 28.1. The Morgan fingerprint density at radius 2 is 0.884 bits per heavy atom. The molecule has 0 aliphatic carbocycles. The Morgan fingerprint density at radius 1 is 0.349 bits per heavy atom. The lowest BCUT2D eigenvalue weighted by atomic mass is 9.91. The molecule has 200 valence electrons. The van der Waals surface area contributed by atoms with Gasteiger partial charge in [-0.3, -0.25) is 8.80 Å². The Bertz CT molecular complexity index is 2540. The van der Waals surface area contributed by atoms with Crippen molar-refractivity contribution in [3.63, 3.8) is 0 Å². The predicted octanol–water partition coefficient (Wildman–Crippen LogP) is 9.13. The van der Waals surface area contributed by atoms with Crippen LogP contribution in [0.1, 0.15) is 0 Å². The minimum atomic E-state index is 0.881. The van der Waals surface area contributed by atoms with Crippen LogP contribution in [0.5, 0.6) is 0 Å². The summed E-state index contributed by atoms with van der Waals surface area (Å²) >= 11 is 0. The van der Waals surface area contributed by atoms with E-state index in [9.17, 15) is 0 Å². The first-order chi connectivity index (χ1) is 21.3. The fourth-order valence-corrected chi connectivity index (χ4v) is 6.88. The molecule has 5 heteroatoms. The smallest absolute Gasteiger partial charge is 0.223 e. The molecule has 0 radical (unpaired) electrons. The van der Waals surface area contributed by atoms with Crippen LogP contribution in [0.2, 0.25) is 0 Å². The minimum absolute atomic E-state index is 0.881. The molecule has 0 fully saturated rings. The molecular formula is C38H23N5. The molecular weight excluding hydrogens is 526 g/mol. The highest BCUT2D eigenvalue weighted by Crippen LogP contribution is 2.41. The van der Waals surface area contributed by atoms with Gasteiger partial charge in [0.1, 0.15) is 5.52 Å². The molecule has 0 unspecified atom stereocenters. The molecule has 0 spiro atoms. The van der Waals surface area contributed by atoms with E-state index in [4.69, 9.17) is 9.97 Å². The number of para-hydroxylation sites is 4. The monoisotopic (exact) mass is 549 g/mol. The van der Waals surface area contributed by atoms with Gasteiger partial charge in [0.05, 0.1) is 33.1 Å². The Hall–Kier alpha value is -5.94. The van der Waals surface area contributed by atoms with Crippen molar-refractivity contribution in [1.29, 1.82) is 0 Å². The molecule has 6 aromatic carbocycles. The van der Waals surface area contributed by atoms with Gasteiger partial charge in [-0.05, 0) is 75.8 Å². The Balaban J connectivity index is 1.36. The van der Waals surface area contributed by atoms with E-state index in [1.807, 2.05) is 12.1 Å². The summed E-state index contributed by atoms with van der Waals surface area (Å²) in [5.41, 5.74) is 14.7. The zero-order valence-electron chi connectivity index (χ0n) is 23.0. The molecule has 0 amide bonds. The lowest BCUT2D eigenvalue weighted by Crippen LogP contribution is -1.91. The van der Waals surface area contributed by atoms with Gasteiger partial charge in [0.25, 0.3) is 0 Å². The number of imidazole rings is 4. The molecule has 0 atom stereocenters. The minimum Gasteiger partial charge on any atom is -0.276 e. The molecule has 4 aromatic heterocycles. The Kier molecular flexibility index (Phi) is 4.39. The van der Waals surface area contributed by atoms with Gasteiger partial charge < -0.3 is 0 Å². The number of nitrogens with zero attached hydrogens (tertiary/aromatic N) is 5. The molecule has 4 heterocycles. The number of fused-ring (bicyclic) bond motifs is 10. The normalized spacial score (nSPS) is 12.2. The lowest BCUT2D eigenvalue weighted by Gasteiger charge is -2.14. The maximum Gasteiger partial charge on any atom is 0.223 e. The second-order valence-corrected chi connectivity index (χ2v) is 11.2. The first-order valence-electron chi connectivity index (χ1n) is 14.5. The second-order valence-electron chi connectivity index (χ2n) is 11.2. The van der Waals surface area contributed by atoms with Gasteiger partial charge in [0.2, 0.25) is 11.6 Å². The van der Waals surface area contributed by atoms with Gasteiger partial charge in [-0.25, -0.2) is 14.4 Å². The van der Waals surface area contributed by atoms with Crippen LogP contribution in [-0.2, 0) is 0 Å². The summed E-state index contributed by atoms with van der Waals surface area (Å²) in [7, 11) is 0. The highest BCUT2D eigenvalue weighted by atomic mass is 15.3. The Morgan fingerprint density at radius 3 is 1.49 bits per heavy atom. The summed E-state index contributed by atoms with van der Waals surface area (Å²) in [5.74, 6) is 1.76. The van der Waals surface area contributed by atoms with Crippen LogP contribution >= 0.6 is 0 Å². The number of rotatable bonds is 3. The van der Waals surface area contributed by atoms with Crippen molar-refractivity contribution >= 4 is 50.2 Å². The third-order valence-corrected chi connectivity index (χ3v) is 8.78. The molecule has 10 rings (SSSR count). The summed E-state index contributed by atoms with van der Waals surface area (Å²) < 4.78 is 6.81. The van der Waals surface area contributed by atoms with Gasteiger partial charge in [-0.15, -0.1) is 0 Å². The van der Waals surface area contributed by atoms with E-state index in [-0.39, 0.29) is 0 Å². The second kappa shape index (κ2) is 8.30. The van der Waals surface area contributed by atoms with E-state index >= 15 is 0 Å². The standard InChI is InChI=1S/C38H23N5/c1-3-11-24(12-4-1)26-19-20-28(29(21-26)25-13-5-2-6-14-25)27-22-34-36-35(23-27)42-33-18-10-8-16-31(33)40-38(42)43(36)37-39-30-15-7-9-17-32(30)41(34)37/h1-23H. The average Bonchev–Trinajstić information content (AvgIpc) is 3.80. The summed E-state index contributed by atoms with van der Waals surface area (Å²) in [4.78, 5) is 10.2. The molecule has 0 saturated carbocycles. The van der Waals surface area contributed by atoms with Crippen molar-refractivity contribution in [2.24, 2.45) is 0 Å². The lowest BCUT2D eigenvalue weighted by molar-refractivity contribution is 1.15. The van der Waals surface area contributed by atoms with Crippen LogP contribution in [0.25, 0.3) is 83.6 Å². The van der Waals surface area contributed by atoms with Crippen LogP contribution in [0.4, 0.5) is 0 Å². The maximum absolute atomic E-state index is 5.11. The van der Waals surface area contributed by atoms with Crippen molar-refractivity contribution in [3.05, 3.63) is 140 Å². The first kappa shape index (κ1) is 22.7.